The van der Waals surface area contributed by atoms with Gasteiger partial charge in [-0.25, -0.2) is 0 Å². The van der Waals surface area contributed by atoms with Crippen LogP contribution in [-0.4, -0.2) is 29.1 Å². The summed E-state index contributed by atoms with van der Waals surface area (Å²) in [5.41, 5.74) is 1.10. The van der Waals surface area contributed by atoms with E-state index in [1.165, 1.54) is 49.8 Å². The van der Waals surface area contributed by atoms with Crippen molar-refractivity contribution in [1.29, 1.82) is 0 Å². The molecule has 0 N–H and O–H groups in total. The van der Waals surface area contributed by atoms with Crippen LogP contribution in [0.3, 0.4) is 0 Å². The lowest BCUT2D eigenvalue weighted by Crippen LogP contribution is -2.30. The van der Waals surface area contributed by atoms with Gasteiger partial charge < -0.3 is 0 Å². The van der Waals surface area contributed by atoms with Crippen molar-refractivity contribution in [2.45, 2.75) is 64.2 Å². The Balaban J connectivity index is 1.53. The highest BCUT2D eigenvalue weighted by atomic mass is 35.5. The van der Waals surface area contributed by atoms with Crippen molar-refractivity contribution in [3.63, 3.8) is 0 Å². The molecule has 0 saturated heterocycles. The summed E-state index contributed by atoms with van der Waals surface area (Å²) in [4.78, 5) is 25.8. The average molecular weight is 350 g/mol. The van der Waals surface area contributed by atoms with Crippen LogP contribution in [0, 0.1) is 0 Å². The first-order valence-electron chi connectivity index (χ1n) is 9.27. The summed E-state index contributed by atoms with van der Waals surface area (Å²) in [7, 11) is 0. The maximum atomic E-state index is 12.2. The van der Waals surface area contributed by atoms with Crippen molar-refractivity contribution in [2.75, 3.05) is 12.4 Å². The molecule has 132 valence electrons. The molecule has 1 heterocycles. The number of carbonyl (C=O) groups excluding carboxylic acids is 2. The first-order chi connectivity index (χ1) is 11.8. The van der Waals surface area contributed by atoms with Crippen LogP contribution < -0.4 is 0 Å². The van der Waals surface area contributed by atoms with Crippen LogP contribution in [0.15, 0.2) is 24.3 Å². The van der Waals surface area contributed by atoms with Gasteiger partial charge in [0, 0.05) is 12.4 Å². The zero-order valence-electron chi connectivity index (χ0n) is 14.4. The van der Waals surface area contributed by atoms with E-state index in [2.05, 4.69) is 0 Å². The van der Waals surface area contributed by atoms with E-state index < -0.39 is 0 Å². The quantitative estimate of drug-likeness (QED) is 0.287. The molecule has 0 atom stereocenters. The standard InChI is InChI=1S/C20H28ClNO2/c21-15-11-7-5-3-1-2-4-6-8-12-16-22-19(23)17-13-9-10-14-18(17)20(22)24/h9-10,13-14H,1-8,11-12,15-16H2. The molecule has 0 fully saturated rings. The minimum absolute atomic E-state index is 0.132. The molecule has 0 saturated carbocycles. The molecule has 0 spiro atoms. The lowest BCUT2D eigenvalue weighted by Gasteiger charge is -2.13. The van der Waals surface area contributed by atoms with E-state index in [1.54, 1.807) is 12.1 Å². The molecule has 0 bridgehead atoms. The molecular formula is C20H28ClNO2. The molecule has 1 aliphatic rings. The Bertz CT molecular complexity index is 509. The van der Waals surface area contributed by atoms with Crippen LogP contribution >= 0.6 is 11.6 Å². The van der Waals surface area contributed by atoms with Gasteiger partial charge in [0.15, 0.2) is 0 Å². The van der Waals surface area contributed by atoms with Gasteiger partial charge in [-0.3, -0.25) is 14.5 Å². The summed E-state index contributed by atoms with van der Waals surface area (Å²) in [6, 6.07) is 7.10. The van der Waals surface area contributed by atoms with Crippen molar-refractivity contribution < 1.29 is 9.59 Å². The van der Waals surface area contributed by atoms with Gasteiger partial charge >= 0.3 is 0 Å². The molecule has 2 amide bonds. The zero-order valence-corrected chi connectivity index (χ0v) is 15.2. The van der Waals surface area contributed by atoms with E-state index in [0.717, 1.165) is 25.1 Å². The Morgan fingerprint density at radius 2 is 1.08 bits per heavy atom. The highest BCUT2D eigenvalue weighted by Gasteiger charge is 2.34. The number of fused-ring (bicyclic) bond motifs is 1. The Morgan fingerprint density at radius 3 is 1.54 bits per heavy atom. The number of halogens is 1. The summed E-state index contributed by atoms with van der Waals surface area (Å²) in [6.07, 6.45) is 12.0. The van der Waals surface area contributed by atoms with Crippen LogP contribution in [-0.2, 0) is 0 Å². The molecular weight excluding hydrogens is 322 g/mol. The average Bonchev–Trinajstić information content (AvgIpc) is 2.84. The predicted molar refractivity (Wildman–Crippen MR) is 98.7 cm³/mol. The summed E-state index contributed by atoms with van der Waals surface area (Å²) in [5.74, 6) is 0.521. The van der Waals surface area contributed by atoms with Crippen molar-refractivity contribution in [3.8, 4) is 0 Å². The van der Waals surface area contributed by atoms with E-state index in [1.807, 2.05) is 12.1 Å². The smallest absolute Gasteiger partial charge is 0.261 e. The summed E-state index contributed by atoms with van der Waals surface area (Å²) in [6.45, 7) is 0.546. The van der Waals surface area contributed by atoms with Crippen molar-refractivity contribution >= 4 is 23.4 Å². The van der Waals surface area contributed by atoms with E-state index >= 15 is 0 Å². The van der Waals surface area contributed by atoms with Gasteiger partial charge in [0.25, 0.3) is 11.8 Å². The Morgan fingerprint density at radius 1 is 0.667 bits per heavy atom. The zero-order chi connectivity index (χ0) is 17.2. The summed E-state index contributed by atoms with van der Waals surface area (Å²) >= 11 is 5.66. The summed E-state index contributed by atoms with van der Waals surface area (Å²) < 4.78 is 0. The number of benzene rings is 1. The first-order valence-corrected chi connectivity index (χ1v) is 9.80. The van der Waals surface area contributed by atoms with Crippen LogP contribution in [0.2, 0.25) is 0 Å². The molecule has 4 heteroatoms. The van der Waals surface area contributed by atoms with Gasteiger partial charge in [0.2, 0.25) is 0 Å². The number of nitrogens with zero attached hydrogens (tertiary/aromatic N) is 1. The topological polar surface area (TPSA) is 37.4 Å². The highest BCUT2D eigenvalue weighted by Crippen LogP contribution is 2.23. The fraction of sp³-hybridized carbons (Fsp3) is 0.600. The van der Waals surface area contributed by atoms with Gasteiger partial charge in [0.1, 0.15) is 0 Å². The van der Waals surface area contributed by atoms with Gasteiger partial charge in [-0.1, -0.05) is 63.5 Å². The molecule has 24 heavy (non-hydrogen) atoms. The fourth-order valence-electron chi connectivity index (χ4n) is 3.22. The lowest BCUT2D eigenvalue weighted by atomic mass is 10.1. The molecule has 0 unspecified atom stereocenters. The second-order valence-electron chi connectivity index (χ2n) is 6.53. The molecule has 1 aliphatic heterocycles. The normalized spacial score (nSPS) is 13.6. The number of amides is 2. The van der Waals surface area contributed by atoms with Crippen molar-refractivity contribution in [2.24, 2.45) is 0 Å². The third-order valence-corrected chi connectivity index (χ3v) is 4.91. The number of hydrogen-bond acceptors (Lipinski definition) is 2. The van der Waals surface area contributed by atoms with Crippen LogP contribution in [0.5, 0.6) is 0 Å². The largest absolute Gasteiger partial charge is 0.274 e. The number of alkyl halides is 1. The third kappa shape index (κ3) is 5.34. The van der Waals surface area contributed by atoms with Gasteiger partial charge in [-0.05, 0) is 25.0 Å². The van der Waals surface area contributed by atoms with Crippen molar-refractivity contribution in [3.05, 3.63) is 35.4 Å². The van der Waals surface area contributed by atoms with Crippen LogP contribution in [0.4, 0.5) is 0 Å². The van der Waals surface area contributed by atoms with E-state index in [-0.39, 0.29) is 11.8 Å². The molecule has 0 aliphatic carbocycles. The number of hydrogen-bond donors (Lipinski definition) is 0. The van der Waals surface area contributed by atoms with Gasteiger partial charge in [0.05, 0.1) is 11.1 Å². The first kappa shape index (κ1) is 19.0. The van der Waals surface area contributed by atoms with E-state index in [0.29, 0.717) is 17.7 Å². The second-order valence-corrected chi connectivity index (χ2v) is 6.91. The lowest BCUT2D eigenvalue weighted by molar-refractivity contribution is 0.0651. The Kier molecular flexibility index (Phi) is 8.31. The third-order valence-electron chi connectivity index (χ3n) is 4.64. The van der Waals surface area contributed by atoms with Crippen LogP contribution in [0.1, 0.15) is 84.9 Å². The van der Waals surface area contributed by atoms with Gasteiger partial charge in [-0.2, -0.15) is 0 Å². The molecule has 0 radical (unpaired) electrons. The SMILES string of the molecule is O=C1c2ccccc2C(=O)N1CCCCCCCCCCCCCl. The molecule has 2 rings (SSSR count). The number of unbranched alkanes of at least 4 members (excludes halogenated alkanes) is 9. The van der Waals surface area contributed by atoms with Gasteiger partial charge in [-0.15, -0.1) is 11.6 Å². The number of imide groups is 1. The van der Waals surface area contributed by atoms with E-state index in [9.17, 15) is 9.59 Å². The highest BCUT2D eigenvalue weighted by molar-refractivity contribution is 6.21. The van der Waals surface area contributed by atoms with Crippen LogP contribution in [0.25, 0.3) is 0 Å². The van der Waals surface area contributed by atoms with E-state index in [4.69, 9.17) is 11.6 Å². The number of rotatable bonds is 12. The van der Waals surface area contributed by atoms with Crippen molar-refractivity contribution in [1.82, 2.24) is 4.90 Å². The minimum Gasteiger partial charge on any atom is -0.274 e. The fourth-order valence-corrected chi connectivity index (χ4v) is 3.41. The second kappa shape index (κ2) is 10.5. The monoisotopic (exact) mass is 349 g/mol. The maximum absolute atomic E-state index is 12.2. The number of carbonyl (C=O) groups is 2. The molecule has 1 aromatic rings. The Labute approximate surface area is 150 Å². The molecule has 1 aromatic carbocycles. The predicted octanol–water partition coefficient (Wildman–Crippen LogP) is 5.42. The molecule has 0 aromatic heterocycles. The minimum atomic E-state index is -0.132. The Hall–Kier alpha value is -1.35. The summed E-state index contributed by atoms with van der Waals surface area (Å²) in [5, 5.41) is 0. The molecule has 3 nitrogen and oxygen atoms in total. The maximum Gasteiger partial charge on any atom is 0.261 e.